The zero-order valence-electron chi connectivity index (χ0n) is 15.7. The Bertz CT molecular complexity index is 775. The van der Waals surface area contributed by atoms with Crippen LogP contribution in [0.25, 0.3) is 0 Å². The predicted molar refractivity (Wildman–Crippen MR) is 105 cm³/mol. The Balaban J connectivity index is 1.72. The van der Waals surface area contributed by atoms with Crippen LogP contribution in [0.1, 0.15) is 37.7 Å². The SMILES string of the molecule is NCC1CCC(CC2(N)NC(=NCc3cccc(F)c3)NC=C2[N+](=O)[O-])CC1. The van der Waals surface area contributed by atoms with E-state index in [4.69, 9.17) is 11.5 Å². The van der Waals surface area contributed by atoms with E-state index in [0.717, 1.165) is 25.7 Å². The number of hydrogen-bond acceptors (Lipinski definition) is 5. The van der Waals surface area contributed by atoms with Crippen LogP contribution in [0.4, 0.5) is 4.39 Å². The van der Waals surface area contributed by atoms with E-state index in [-0.39, 0.29) is 24.0 Å². The van der Waals surface area contributed by atoms with Gasteiger partial charge in [-0.2, -0.15) is 0 Å². The summed E-state index contributed by atoms with van der Waals surface area (Å²) in [5.41, 5.74) is 11.5. The normalized spacial score (nSPS) is 29.0. The number of rotatable bonds is 6. The van der Waals surface area contributed by atoms with Gasteiger partial charge in [-0.3, -0.25) is 15.8 Å². The van der Waals surface area contributed by atoms with Crippen LogP contribution in [-0.2, 0) is 6.54 Å². The summed E-state index contributed by atoms with van der Waals surface area (Å²) in [5.74, 6) is 0.818. The fourth-order valence-electron chi connectivity index (χ4n) is 3.97. The van der Waals surface area contributed by atoms with Crippen LogP contribution in [0.3, 0.4) is 0 Å². The summed E-state index contributed by atoms with van der Waals surface area (Å²) >= 11 is 0. The van der Waals surface area contributed by atoms with Crippen molar-refractivity contribution in [3.63, 3.8) is 0 Å². The molecule has 1 fully saturated rings. The highest BCUT2D eigenvalue weighted by molar-refractivity contribution is 5.83. The van der Waals surface area contributed by atoms with Crippen molar-refractivity contribution in [1.82, 2.24) is 10.6 Å². The minimum absolute atomic E-state index is 0.113. The van der Waals surface area contributed by atoms with Crippen LogP contribution in [-0.4, -0.2) is 23.1 Å². The zero-order valence-corrected chi connectivity index (χ0v) is 15.7. The first kappa shape index (κ1) is 20.2. The van der Waals surface area contributed by atoms with E-state index in [9.17, 15) is 14.5 Å². The molecule has 3 rings (SSSR count). The third kappa shape index (κ3) is 4.85. The molecule has 1 aliphatic heterocycles. The third-order valence-electron chi connectivity index (χ3n) is 5.56. The lowest BCUT2D eigenvalue weighted by atomic mass is 9.77. The molecule has 0 saturated heterocycles. The molecule has 1 atom stereocenters. The average Bonchev–Trinajstić information content (AvgIpc) is 2.66. The zero-order chi connectivity index (χ0) is 20.1. The Morgan fingerprint density at radius 3 is 2.64 bits per heavy atom. The average molecular weight is 390 g/mol. The van der Waals surface area contributed by atoms with Crippen molar-refractivity contribution in [2.24, 2.45) is 28.3 Å². The lowest BCUT2D eigenvalue weighted by Crippen LogP contribution is -2.64. The molecule has 8 nitrogen and oxygen atoms in total. The largest absolute Gasteiger partial charge is 0.330 e. The Morgan fingerprint density at radius 2 is 2.00 bits per heavy atom. The Labute approximate surface area is 163 Å². The van der Waals surface area contributed by atoms with Crippen LogP contribution in [0.5, 0.6) is 0 Å². The maximum atomic E-state index is 13.3. The summed E-state index contributed by atoms with van der Waals surface area (Å²) in [6.45, 7) is 0.909. The van der Waals surface area contributed by atoms with Gasteiger partial charge in [0.2, 0.25) is 0 Å². The summed E-state index contributed by atoms with van der Waals surface area (Å²) in [5, 5.41) is 17.3. The number of nitrogens with two attached hydrogens (primary N) is 2. The van der Waals surface area contributed by atoms with E-state index < -0.39 is 10.6 Å². The topological polar surface area (TPSA) is 132 Å². The number of aliphatic imine (C=N–C) groups is 1. The highest BCUT2D eigenvalue weighted by Crippen LogP contribution is 2.34. The molecule has 0 spiro atoms. The summed E-state index contributed by atoms with van der Waals surface area (Å²) in [7, 11) is 0. The Hall–Kier alpha value is -2.52. The van der Waals surface area contributed by atoms with Gasteiger partial charge in [-0.05, 0) is 68.2 Å². The van der Waals surface area contributed by atoms with Crippen molar-refractivity contribution >= 4 is 5.96 Å². The monoisotopic (exact) mass is 390 g/mol. The van der Waals surface area contributed by atoms with Gasteiger partial charge < -0.3 is 16.4 Å². The molecular weight excluding hydrogens is 363 g/mol. The minimum atomic E-state index is -1.31. The lowest BCUT2D eigenvalue weighted by molar-refractivity contribution is -0.437. The molecule has 0 bridgehead atoms. The first-order valence-electron chi connectivity index (χ1n) is 9.57. The highest BCUT2D eigenvalue weighted by atomic mass is 19.1. The van der Waals surface area contributed by atoms with Crippen molar-refractivity contribution in [3.05, 3.63) is 57.7 Å². The number of halogens is 1. The van der Waals surface area contributed by atoms with Crippen LogP contribution in [0, 0.1) is 27.8 Å². The van der Waals surface area contributed by atoms with Gasteiger partial charge >= 0.3 is 5.70 Å². The minimum Gasteiger partial charge on any atom is -0.330 e. The van der Waals surface area contributed by atoms with Gasteiger partial charge in [0.1, 0.15) is 5.82 Å². The standard InChI is InChI=1S/C19H27FN6O2/c20-16-3-1-2-15(8-16)11-23-18-24-12-17(26(27)28)19(22,25-18)9-13-4-6-14(10-21)7-5-13/h1-3,8,12-14H,4-7,9-11,21-22H2,(H2,23,24,25). The third-order valence-corrected chi connectivity index (χ3v) is 5.56. The lowest BCUT2D eigenvalue weighted by Gasteiger charge is -2.37. The highest BCUT2D eigenvalue weighted by Gasteiger charge is 2.44. The first-order chi connectivity index (χ1) is 13.4. The molecular formula is C19H27FN6O2. The van der Waals surface area contributed by atoms with E-state index in [1.165, 1.54) is 18.3 Å². The van der Waals surface area contributed by atoms with Crippen molar-refractivity contribution in [2.75, 3.05) is 6.54 Å². The van der Waals surface area contributed by atoms with Crippen LogP contribution < -0.4 is 22.1 Å². The number of nitrogens with zero attached hydrogens (tertiary/aromatic N) is 2. The quantitative estimate of drug-likeness (QED) is 0.433. The van der Waals surface area contributed by atoms with Gasteiger partial charge in [0.05, 0.1) is 17.7 Å². The van der Waals surface area contributed by atoms with Gasteiger partial charge in [-0.25, -0.2) is 9.38 Å². The van der Waals surface area contributed by atoms with Crippen LogP contribution in [0.2, 0.25) is 0 Å². The number of hydrogen-bond donors (Lipinski definition) is 4. The number of benzene rings is 1. The molecule has 1 unspecified atom stereocenters. The molecule has 1 heterocycles. The molecule has 1 aromatic carbocycles. The maximum absolute atomic E-state index is 13.3. The van der Waals surface area contributed by atoms with Crippen molar-refractivity contribution in [2.45, 2.75) is 44.3 Å². The molecule has 1 aliphatic carbocycles. The van der Waals surface area contributed by atoms with Crippen molar-refractivity contribution in [3.8, 4) is 0 Å². The second kappa shape index (κ2) is 8.66. The Kier molecular flexibility index (Phi) is 6.25. The maximum Gasteiger partial charge on any atom is 0.301 e. The number of nitro groups is 1. The first-order valence-corrected chi connectivity index (χ1v) is 9.57. The second-order valence-electron chi connectivity index (χ2n) is 7.65. The second-order valence-corrected chi connectivity index (χ2v) is 7.65. The van der Waals surface area contributed by atoms with Crippen molar-refractivity contribution < 1.29 is 9.31 Å². The van der Waals surface area contributed by atoms with Gasteiger partial charge in [0, 0.05) is 0 Å². The van der Waals surface area contributed by atoms with E-state index in [2.05, 4.69) is 15.6 Å². The van der Waals surface area contributed by atoms with Crippen LogP contribution >= 0.6 is 0 Å². The number of guanidine groups is 1. The predicted octanol–water partition coefficient (Wildman–Crippen LogP) is 1.80. The fraction of sp³-hybridized carbons (Fsp3) is 0.526. The van der Waals surface area contributed by atoms with Crippen molar-refractivity contribution in [1.29, 1.82) is 0 Å². The molecule has 1 aromatic rings. The van der Waals surface area contributed by atoms with E-state index in [0.29, 0.717) is 30.4 Å². The van der Waals surface area contributed by atoms with E-state index >= 15 is 0 Å². The van der Waals surface area contributed by atoms with E-state index in [1.54, 1.807) is 12.1 Å². The fourth-order valence-corrected chi connectivity index (χ4v) is 3.97. The summed E-state index contributed by atoms with van der Waals surface area (Å²) in [4.78, 5) is 15.4. The molecule has 0 aromatic heterocycles. The molecule has 1 saturated carbocycles. The summed E-state index contributed by atoms with van der Waals surface area (Å²) < 4.78 is 13.3. The van der Waals surface area contributed by atoms with E-state index in [1.807, 2.05) is 0 Å². The number of nitrogens with one attached hydrogen (secondary N) is 2. The van der Waals surface area contributed by atoms with Gasteiger partial charge in [0.25, 0.3) is 0 Å². The van der Waals surface area contributed by atoms with Gasteiger partial charge in [-0.15, -0.1) is 0 Å². The molecule has 9 heteroatoms. The van der Waals surface area contributed by atoms with Crippen LogP contribution in [0.15, 0.2) is 41.2 Å². The summed E-state index contributed by atoms with van der Waals surface area (Å²) in [6, 6.07) is 6.14. The molecule has 28 heavy (non-hydrogen) atoms. The Morgan fingerprint density at radius 1 is 1.29 bits per heavy atom. The van der Waals surface area contributed by atoms with Gasteiger partial charge in [0.15, 0.2) is 11.6 Å². The smallest absolute Gasteiger partial charge is 0.301 e. The molecule has 2 aliphatic rings. The summed E-state index contributed by atoms with van der Waals surface area (Å²) in [6.07, 6.45) is 5.69. The molecule has 0 radical (unpaired) electrons. The molecule has 0 amide bonds. The molecule has 6 N–H and O–H groups in total. The molecule has 152 valence electrons. The van der Waals surface area contributed by atoms with Gasteiger partial charge in [-0.1, -0.05) is 12.1 Å².